The van der Waals surface area contributed by atoms with Crippen molar-refractivity contribution < 1.29 is 4.79 Å². The van der Waals surface area contributed by atoms with E-state index in [0.717, 1.165) is 18.4 Å². The zero-order valence-corrected chi connectivity index (χ0v) is 9.38. The zero-order valence-electron chi connectivity index (χ0n) is 9.38. The van der Waals surface area contributed by atoms with Gasteiger partial charge in [-0.05, 0) is 36.8 Å². The van der Waals surface area contributed by atoms with Gasteiger partial charge in [-0.3, -0.25) is 4.79 Å². The van der Waals surface area contributed by atoms with E-state index < -0.39 is 0 Å². The average Bonchev–Trinajstić information content (AvgIpc) is 2.73. The molecule has 82 valence electrons. The standard InChI is InChI=1S/C13H19NO/c1-2-11-8-12(13(9-15)14-11)10-6-4-3-5-7-10/h8-10,14H,2-7H2,1H3. The molecule has 0 unspecified atom stereocenters. The van der Waals surface area contributed by atoms with Crippen LogP contribution < -0.4 is 0 Å². The fourth-order valence-corrected chi connectivity index (χ4v) is 2.59. The van der Waals surface area contributed by atoms with Crippen LogP contribution >= 0.6 is 0 Å². The van der Waals surface area contributed by atoms with Gasteiger partial charge in [0.25, 0.3) is 0 Å². The van der Waals surface area contributed by atoms with Crippen molar-refractivity contribution in [2.45, 2.75) is 51.4 Å². The predicted octanol–water partition coefficient (Wildman–Crippen LogP) is 3.44. The summed E-state index contributed by atoms with van der Waals surface area (Å²) in [6, 6.07) is 2.19. The van der Waals surface area contributed by atoms with Gasteiger partial charge in [0.15, 0.2) is 6.29 Å². The van der Waals surface area contributed by atoms with E-state index in [0.29, 0.717) is 5.92 Å². The maximum absolute atomic E-state index is 11.0. The van der Waals surface area contributed by atoms with Crippen LogP contribution in [0.1, 0.15) is 66.7 Å². The van der Waals surface area contributed by atoms with Crippen molar-refractivity contribution in [3.63, 3.8) is 0 Å². The second-order valence-electron chi connectivity index (χ2n) is 4.47. The fourth-order valence-electron chi connectivity index (χ4n) is 2.59. The third-order valence-corrected chi connectivity index (χ3v) is 3.48. The van der Waals surface area contributed by atoms with Gasteiger partial charge in [0.2, 0.25) is 0 Å². The summed E-state index contributed by atoms with van der Waals surface area (Å²) in [4.78, 5) is 14.2. The monoisotopic (exact) mass is 205 g/mol. The summed E-state index contributed by atoms with van der Waals surface area (Å²) in [6.07, 6.45) is 8.45. The Balaban J connectivity index is 2.24. The largest absolute Gasteiger partial charge is 0.356 e. The quantitative estimate of drug-likeness (QED) is 0.753. The Morgan fingerprint density at radius 1 is 1.40 bits per heavy atom. The molecule has 0 aliphatic heterocycles. The summed E-state index contributed by atoms with van der Waals surface area (Å²) < 4.78 is 0. The van der Waals surface area contributed by atoms with Crippen molar-refractivity contribution >= 4 is 6.29 Å². The van der Waals surface area contributed by atoms with E-state index in [1.807, 2.05) is 0 Å². The van der Waals surface area contributed by atoms with Gasteiger partial charge < -0.3 is 4.98 Å². The number of aldehydes is 1. The van der Waals surface area contributed by atoms with Gasteiger partial charge in [-0.15, -0.1) is 0 Å². The molecule has 2 heteroatoms. The Labute approximate surface area is 91.1 Å². The van der Waals surface area contributed by atoms with Crippen LogP contribution in [0, 0.1) is 0 Å². The number of aryl methyl sites for hydroxylation is 1. The van der Waals surface area contributed by atoms with E-state index in [9.17, 15) is 4.79 Å². The van der Waals surface area contributed by atoms with Crippen molar-refractivity contribution in [1.29, 1.82) is 0 Å². The van der Waals surface area contributed by atoms with Gasteiger partial charge in [-0.2, -0.15) is 0 Å². The first kappa shape index (κ1) is 10.5. The molecule has 0 bridgehead atoms. The molecule has 1 aliphatic rings. The van der Waals surface area contributed by atoms with Gasteiger partial charge in [0, 0.05) is 5.69 Å². The molecular weight excluding hydrogens is 186 g/mol. The zero-order chi connectivity index (χ0) is 10.7. The molecule has 1 heterocycles. The third-order valence-electron chi connectivity index (χ3n) is 3.48. The second kappa shape index (κ2) is 4.65. The van der Waals surface area contributed by atoms with Crippen molar-refractivity contribution in [2.75, 3.05) is 0 Å². The minimum atomic E-state index is 0.621. The van der Waals surface area contributed by atoms with E-state index in [-0.39, 0.29) is 0 Å². The maximum Gasteiger partial charge on any atom is 0.166 e. The molecule has 1 aromatic heterocycles. The fraction of sp³-hybridized carbons (Fsp3) is 0.615. The molecule has 0 atom stereocenters. The molecule has 2 nitrogen and oxygen atoms in total. The first-order valence-electron chi connectivity index (χ1n) is 6.02. The van der Waals surface area contributed by atoms with Gasteiger partial charge in [-0.1, -0.05) is 26.2 Å². The first-order valence-corrected chi connectivity index (χ1v) is 6.02. The number of nitrogens with one attached hydrogen (secondary N) is 1. The Kier molecular flexibility index (Phi) is 3.24. The topological polar surface area (TPSA) is 32.9 Å². The third kappa shape index (κ3) is 2.14. The van der Waals surface area contributed by atoms with Crippen LogP contribution in [0.4, 0.5) is 0 Å². The molecule has 1 fully saturated rings. The highest BCUT2D eigenvalue weighted by atomic mass is 16.1. The molecule has 0 radical (unpaired) electrons. The van der Waals surface area contributed by atoms with Gasteiger partial charge in [0.1, 0.15) is 0 Å². The number of hydrogen-bond acceptors (Lipinski definition) is 1. The summed E-state index contributed by atoms with van der Waals surface area (Å²) in [6.45, 7) is 2.12. The van der Waals surface area contributed by atoms with E-state index in [1.54, 1.807) is 0 Å². The summed E-state index contributed by atoms with van der Waals surface area (Å²) in [5, 5.41) is 0. The SMILES string of the molecule is CCc1cc(C2CCCCC2)c(C=O)[nH]1. The number of aromatic amines is 1. The van der Waals surface area contributed by atoms with Crippen LogP contribution in [0.15, 0.2) is 6.07 Å². The lowest BCUT2D eigenvalue weighted by Crippen LogP contribution is -2.05. The van der Waals surface area contributed by atoms with Crippen molar-refractivity contribution in [3.8, 4) is 0 Å². The van der Waals surface area contributed by atoms with Crippen LogP contribution in [0.2, 0.25) is 0 Å². The Hall–Kier alpha value is -1.05. The van der Waals surface area contributed by atoms with Crippen LogP contribution in [0.25, 0.3) is 0 Å². The Bertz CT molecular complexity index is 334. The van der Waals surface area contributed by atoms with Gasteiger partial charge >= 0.3 is 0 Å². The van der Waals surface area contributed by atoms with Crippen molar-refractivity contribution in [1.82, 2.24) is 4.98 Å². The molecule has 2 rings (SSSR count). The highest BCUT2D eigenvalue weighted by Crippen LogP contribution is 2.34. The van der Waals surface area contributed by atoms with Gasteiger partial charge in [-0.25, -0.2) is 0 Å². The Morgan fingerprint density at radius 2 is 2.13 bits per heavy atom. The molecule has 0 amide bonds. The number of aromatic nitrogens is 1. The lowest BCUT2D eigenvalue weighted by atomic mass is 9.84. The van der Waals surface area contributed by atoms with Crippen LogP contribution in [0.3, 0.4) is 0 Å². The maximum atomic E-state index is 11.0. The van der Waals surface area contributed by atoms with Crippen LogP contribution in [-0.4, -0.2) is 11.3 Å². The van der Waals surface area contributed by atoms with E-state index in [1.165, 1.54) is 43.4 Å². The second-order valence-corrected chi connectivity index (χ2v) is 4.47. The van der Waals surface area contributed by atoms with Crippen LogP contribution in [0.5, 0.6) is 0 Å². The van der Waals surface area contributed by atoms with Gasteiger partial charge in [0.05, 0.1) is 5.69 Å². The summed E-state index contributed by atoms with van der Waals surface area (Å²) >= 11 is 0. The average molecular weight is 205 g/mol. The normalized spacial score (nSPS) is 17.9. The van der Waals surface area contributed by atoms with Crippen molar-refractivity contribution in [3.05, 3.63) is 23.0 Å². The molecular formula is C13H19NO. The number of carbonyl (C=O) groups is 1. The molecule has 1 saturated carbocycles. The molecule has 1 aliphatic carbocycles. The molecule has 1 N–H and O–H groups in total. The number of rotatable bonds is 3. The Morgan fingerprint density at radius 3 is 2.73 bits per heavy atom. The summed E-state index contributed by atoms with van der Waals surface area (Å²) in [5.41, 5.74) is 3.28. The lowest BCUT2D eigenvalue weighted by Gasteiger charge is -2.21. The van der Waals surface area contributed by atoms with E-state index in [4.69, 9.17) is 0 Å². The van der Waals surface area contributed by atoms with Crippen LogP contribution in [-0.2, 0) is 6.42 Å². The van der Waals surface area contributed by atoms with Crippen molar-refractivity contribution in [2.24, 2.45) is 0 Å². The summed E-state index contributed by atoms with van der Waals surface area (Å²) in [7, 11) is 0. The molecule has 1 aromatic rings. The lowest BCUT2D eigenvalue weighted by molar-refractivity contribution is 0.111. The molecule has 0 spiro atoms. The highest BCUT2D eigenvalue weighted by Gasteiger charge is 2.19. The minimum absolute atomic E-state index is 0.621. The number of hydrogen-bond donors (Lipinski definition) is 1. The molecule has 0 saturated heterocycles. The molecule has 0 aromatic carbocycles. The summed E-state index contributed by atoms with van der Waals surface area (Å²) in [5.74, 6) is 0.621. The number of H-pyrrole nitrogens is 1. The first-order chi connectivity index (χ1) is 7.35. The molecule has 15 heavy (non-hydrogen) atoms. The van der Waals surface area contributed by atoms with E-state index in [2.05, 4.69) is 18.0 Å². The van der Waals surface area contributed by atoms with E-state index >= 15 is 0 Å². The number of carbonyl (C=O) groups excluding carboxylic acids is 1. The predicted molar refractivity (Wildman–Crippen MR) is 61.4 cm³/mol. The minimum Gasteiger partial charge on any atom is -0.356 e. The smallest absolute Gasteiger partial charge is 0.166 e. The highest BCUT2D eigenvalue weighted by molar-refractivity contribution is 5.75.